The summed E-state index contributed by atoms with van der Waals surface area (Å²) >= 11 is 1.34. The fraction of sp³-hybridized carbons (Fsp3) is 0.267. The van der Waals surface area contributed by atoms with Crippen LogP contribution in [0.2, 0.25) is 0 Å². The number of nitriles is 1. The molecule has 2 rings (SSSR count). The van der Waals surface area contributed by atoms with Gasteiger partial charge in [0.25, 0.3) is 5.56 Å². The van der Waals surface area contributed by atoms with Crippen molar-refractivity contribution in [1.29, 1.82) is 5.26 Å². The van der Waals surface area contributed by atoms with Crippen LogP contribution in [0, 0.1) is 11.3 Å². The van der Waals surface area contributed by atoms with E-state index in [0.29, 0.717) is 10.9 Å². The highest BCUT2D eigenvalue weighted by atomic mass is 32.2. The Morgan fingerprint density at radius 3 is 2.81 bits per heavy atom. The number of nitrogens with zero attached hydrogens (tertiary/aromatic N) is 3. The Hall–Kier alpha value is -2.10. The lowest BCUT2D eigenvalue weighted by Gasteiger charge is -2.11. The summed E-state index contributed by atoms with van der Waals surface area (Å²) in [4.78, 5) is 21.0. The minimum absolute atomic E-state index is 0.0507. The molecule has 108 valence electrons. The zero-order valence-corrected chi connectivity index (χ0v) is 13.0. The summed E-state index contributed by atoms with van der Waals surface area (Å²) in [5.41, 5.74) is 1.98. The van der Waals surface area contributed by atoms with Gasteiger partial charge in [0.2, 0.25) is 0 Å². The third kappa shape index (κ3) is 3.51. The van der Waals surface area contributed by atoms with Gasteiger partial charge < -0.3 is 9.88 Å². The molecule has 0 amide bonds. The fourth-order valence-corrected chi connectivity index (χ4v) is 2.42. The smallest absolute Gasteiger partial charge is 0.270 e. The number of benzene rings is 1. The van der Waals surface area contributed by atoms with E-state index >= 15 is 0 Å². The molecule has 5 nitrogen and oxygen atoms in total. The maximum atomic E-state index is 11.9. The second kappa shape index (κ2) is 6.57. The number of hydrogen-bond acceptors (Lipinski definition) is 5. The zero-order valence-electron chi connectivity index (χ0n) is 12.2. The van der Waals surface area contributed by atoms with Crippen molar-refractivity contribution in [2.24, 2.45) is 0 Å². The molecular formula is C15H16N4OS. The van der Waals surface area contributed by atoms with Crippen molar-refractivity contribution >= 4 is 11.8 Å². The minimum atomic E-state index is -0.398. The van der Waals surface area contributed by atoms with Crippen LogP contribution < -0.4 is 5.56 Å². The van der Waals surface area contributed by atoms with Crippen molar-refractivity contribution in [3.63, 3.8) is 0 Å². The number of aromatic amines is 1. The van der Waals surface area contributed by atoms with Crippen LogP contribution in [0.25, 0.3) is 11.3 Å². The Bertz CT molecular complexity index is 746. The largest absolute Gasteiger partial charge is 0.305 e. The third-order valence-corrected chi connectivity index (χ3v) is 3.48. The van der Waals surface area contributed by atoms with Gasteiger partial charge >= 0.3 is 0 Å². The van der Waals surface area contributed by atoms with E-state index in [2.05, 4.69) is 14.9 Å². The second-order valence-electron chi connectivity index (χ2n) is 4.85. The molecule has 0 atom stereocenters. The molecule has 21 heavy (non-hydrogen) atoms. The number of thioether (sulfide) groups is 1. The van der Waals surface area contributed by atoms with Gasteiger partial charge in [0.15, 0.2) is 5.16 Å². The predicted molar refractivity (Wildman–Crippen MR) is 84.2 cm³/mol. The summed E-state index contributed by atoms with van der Waals surface area (Å²) in [6.07, 6.45) is 1.83. The summed E-state index contributed by atoms with van der Waals surface area (Å²) in [5.74, 6) is 0. The highest BCUT2D eigenvalue weighted by Gasteiger charge is 2.13. The van der Waals surface area contributed by atoms with Crippen molar-refractivity contribution < 1.29 is 0 Å². The SMILES string of the molecule is CSc1nc(-c2cccc(CN(C)C)c2)c(C#N)c(=O)[nH]1. The van der Waals surface area contributed by atoms with Gasteiger partial charge in [-0.25, -0.2) is 4.98 Å². The molecule has 0 aliphatic heterocycles. The Morgan fingerprint density at radius 1 is 1.43 bits per heavy atom. The molecular weight excluding hydrogens is 284 g/mol. The standard InChI is InChI=1S/C15H16N4OS/c1-19(2)9-10-5-4-6-11(7-10)13-12(8-16)14(20)18-15(17-13)21-3/h4-7H,9H2,1-3H3,(H,17,18,20). The molecule has 0 aliphatic rings. The lowest BCUT2D eigenvalue weighted by atomic mass is 10.0. The molecule has 0 saturated heterocycles. The monoisotopic (exact) mass is 300 g/mol. The van der Waals surface area contributed by atoms with E-state index in [9.17, 15) is 10.1 Å². The lowest BCUT2D eigenvalue weighted by Crippen LogP contribution is -2.15. The Balaban J connectivity index is 2.58. The summed E-state index contributed by atoms with van der Waals surface area (Å²) in [5, 5.41) is 9.72. The first-order chi connectivity index (χ1) is 10.0. The number of H-pyrrole nitrogens is 1. The van der Waals surface area contributed by atoms with Gasteiger partial charge in [-0.05, 0) is 32.0 Å². The van der Waals surface area contributed by atoms with Gasteiger partial charge in [-0.3, -0.25) is 4.79 Å². The number of nitrogens with one attached hydrogen (secondary N) is 1. The summed E-state index contributed by atoms with van der Waals surface area (Å²) in [6.45, 7) is 0.786. The molecule has 0 saturated carbocycles. The van der Waals surface area contributed by atoms with Crippen LogP contribution in [-0.4, -0.2) is 35.2 Å². The van der Waals surface area contributed by atoms with Gasteiger partial charge in [0, 0.05) is 12.1 Å². The third-order valence-electron chi connectivity index (χ3n) is 2.90. The summed E-state index contributed by atoms with van der Waals surface area (Å²) in [7, 11) is 3.98. The Labute approximate surface area is 127 Å². The van der Waals surface area contributed by atoms with Crippen molar-refractivity contribution in [2.75, 3.05) is 20.4 Å². The average Bonchev–Trinajstić information content (AvgIpc) is 2.46. The van der Waals surface area contributed by atoms with Crippen LogP contribution >= 0.6 is 11.8 Å². The lowest BCUT2D eigenvalue weighted by molar-refractivity contribution is 0.402. The average molecular weight is 300 g/mol. The van der Waals surface area contributed by atoms with Crippen LogP contribution in [0.4, 0.5) is 0 Å². The van der Waals surface area contributed by atoms with Crippen LogP contribution in [0.15, 0.2) is 34.2 Å². The molecule has 1 aromatic heterocycles. The van der Waals surface area contributed by atoms with Gasteiger partial charge in [-0.2, -0.15) is 5.26 Å². The van der Waals surface area contributed by atoms with E-state index in [1.807, 2.05) is 50.7 Å². The first-order valence-corrected chi connectivity index (χ1v) is 7.60. The van der Waals surface area contributed by atoms with E-state index in [1.54, 1.807) is 0 Å². The van der Waals surface area contributed by atoms with Gasteiger partial charge in [-0.1, -0.05) is 30.0 Å². The molecule has 0 radical (unpaired) electrons. The van der Waals surface area contributed by atoms with E-state index in [4.69, 9.17) is 0 Å². The summed E-state index contributed by atoms with van der Waals surface area (Å²) < 4.78 is 0. The summed E-state index contributed by atoms with van der Waals surface area (Å²) in [6, 6.07) is 9.71. The number of hydrogen-bond donors (Lipinski definition) is 1. The molecule has 0 unspecified atom stereocenters. The minimum Gasteiger partial charge on any atom is -0.305 e. The van der Waals surface area contributed by atoms with Gasteiger partial charge in [0.1, 0.15) is 11.6 Å². The molecule has 0 fully saturated rings. The molecule has 1 heterocycles. The number of rotatable bonds is 4. The van der Waals surface area contributed by atoms with Crippen LogP contribution in [0.3, 0.4) is 0 Å². The topological polar surface area (TPSA) is 72.8 Å². The fourth-order valence-electron chi connectivity index (χ4n) is 2.04. The van der Waals surface area contributed by atoms with Crippen molar-refractivity contribution in [2.45, 2.75) is 11.7 Å². The predicted octanol–water partition coefficient (Wildman–Crippen LogP) is 2.09. The zero-order chi connectivity index (χ0) is 15.4. The molecule has 1 aromatic carbocycles. The molecule has 0 bridgehead atoms. The quantitative estimate of drug-likeness (QED) is 0.691. The maximum Gasteiger partial charge on any atom is 0.270 e. The first kappa shape index (κ1) is 15.3. The van der Waals surface area contributed by atoms with E-state index < -0.39 is 5.56 Å². The van der Waals surface area contributed by atoms with E-state index in [0.717, 1.165) is 17.7 Å². The maximum absolute atomic E-state index is 11.9. The Kier molecular flexibility index (Phi) is 4.78. The van der Waals surface area contributed by atoms with Crippen LogP contribution in [-0.2, 0) is 6.54 Å². The normalized spacial score (nSPS) is 10.6. The highest BCUT2D eigenvalue weighted by molar-refractivity contribution is 7.98. The molecule has 1 N–H and O–H groups in total. The number of aromatic nitrogens is 2. The molecule has 6 heteroatoms. The van der Waals surface area contributed by atoms with E-state index in [1.165, 1.54) is 11.8 Å². The van der Waals surface area contributed by atoms with Gasteiger partial charge in [0.05, 0.1) is 5.69 Å². The van der Waals surface area contributed by atoms with Crippen molar-refractivity contribution in [1.82, 2.24) is 14.9 Å². The first-order valence-electron chi connectivity index (χ1n) is 6.37. The van der Waals surface area contributed by atoms with Crippen LogP contribution in [0.1, 0.15) is 11.1 Å². The van der Waals surface area contributed by atoms with Crippen molar-refractivity contribution in [3.8, 4) is 17.3 Å². The Morgan fingerprint density at radius 2 is 2.19 bits per heavy atom. The highest BCUT2D eigenvalue weighted by Crippen LogP contribution is 2.22. The molecule has 2 aromatic rings. The van der Waals surface area contributed by atoms with Gasteiger partial charge in [-0.15, -0.1) is 0 Å². The molecule has 0 spiro atoms. The van der Waals surface area contributed by atoms with Crippen LogP contribution in [0.5, 0.6) is 0 Å². The van der Waals surface area contributed by atoms with Crippen molar-refractivity contribution in [3.05, 3.63) is 45.7 Å². The van der Waals surface area contributed by atoms with E-state index in [-0.39, 0.29) is 5.56 Å². The second-order valence-corrected chi connectivity index (χ2v) is 5.64. The molecule has 0 aliphatic carbocycles.